The lowest BCUT2D eigenvalue weighted by molar-refractivity contribution is -0.130. The fraction of sp³-hybridized carbons (Fsp3) is 0.375. The molecule has 0 unspecified atom stereocenters. The van der Waals surface area contributed by atoms with Crippen molar-refractivity contribution in [2.24, 2.45) is 0 Å². The number of nitrogens with one attached hydrogen (secondary N) is 2. The summed E-state index contributed by atoms with van der Waals surface area (Å²) in [5.74, 6) is 0.704. The van der Waals surface area contributed by atoms with Gasteiger partial charge >= 0.3 is 5.97 Å². The summed E-state index contributed by atoms with van der Waals surface area (Å²) in [6.07, 6.45) is 8.13. The van der Waals surface area contributed by atoms with E-state index in [-0.39, 0.29) is 5.91 Å². The number of ether oxygens (including phenoxy) is 2. The van der Waals surface area contributed by atoms with Gasteiger partial charge in [-0.25, -0.2) is 9.78 Å². The maximum atomic E-state index is 12.2. The number of nitrogens with zero attached hydrogens (tertiary/aromatic N) is 2. The van der Waals surface area contributed by atoms with E-state index in [0.29, 0.717) is 30.0 Å². The number of hydrogen-bond acceptors (Lipinski definition) is 6. The molecular formula is C24H28N4O4. The van der Waals surface area contributed by atoms with Gasteiger partial charge in [0, 0.05) is 49.4 Å². The lowest BCUT2D eigenvalue weighted by Gasteiger charge is -2.20. The third-order valence-electron chi connectivity index (χ3n) is 5.60. The molecule has 3 heterocycles. The summed E-state index contributed by atoms with van der Waals surface area (Å²) in [6, 6.07) is 9.06. The fourth-order valence-electron chi connectivity index (χ4n) is 3.88. The smallest absolute Gasteiger partial charge is 0.341 e. The Hall–Kier alpha value is -3.55. The van der Waals surface area contributed by atoms with Crippen molar-refractivity contribution in [2.75, 3.05) is 32.1 Å². The van der Waals surface area contributed by atoms with Gasteiger partial charge < -0.3 is 24.7 Å². The van der Waals surface area contributed by atoms with Gasteiger partial charge in [-0.1, -0.05) is 6.42 Å². The highest BCUT2D eigenvalue weighted by atomic mass is 16.5. The van der Waals surface area contributed by atoms with Crippen LogP contribution < -0.4 is 10.1 Å². The largest absolute Gasteiger partial charge is 0.465 e. The number of esters is 1. The van der Waals surface area contributed by atoms with Crippen LogP contribution in [0.3, 0.4) is 0 Å². The van der Waals surface area contributed by atoms with E-state index in [4.69, 9.17) is 9.47 Å². The van der Waals surface area contributed by atoms with Gasteiger partial charge in [0.15, 0.2) is 0 Å². The molecule has 1 aromatic carbocycles. The summed E-state index contributed by atoms with van der Waals surface area (Å²) in [4.78, 5) is 33.7. The van der Waals surface area contributed by atoms with Crippen LogP contribution in [0.2, 0.25) is 0 Å². The number of methoxy groups -OCH3 is 1. The SMILES string of the molecule is COC(=O)c1ccc(NCCCN2CCCCCC2=O)cc1Oc1cnc2[nH]ccc2c1. The highest BCUT2D eigenvalue weighted by Crippen LogP contribution is 2.30. The van der Waals surface area contributed by atoms with E-state index >= 15 is 0 Å². The van der Waals surface area contributed by atoms with Gasteiger partial charge in [0.1, 0.15) is 22.7 Å². The number of benzene rings is 1. The molecule has 3 aromatic rings. The number of carbonyl (C=O) groups is 2. The summed E-state index contributed by atoms with van der Waals surface area (Å²) < 4.78 is 10.9. The standard InChI is InChI=1S/C24H28N4O4/c1-31-24(30)20-8-7-18(25-10-5-13-28-12-4-2-3-6-22(28)29)15-21(20)32-19-14-17-9-11-26-23(17)27-16-19/h7-9,11,14-16,25H,2-6,10,12-13H2,1H3,(H,26,27). The molecule has 1 amide bonds. The maximum absolute atomic E-state index is 12.2. The summed E-state index contributed by atoms with van der Waals surface area (Å²) >= 11 is 0. The molecule has 2 aromatic heterocycles. The van der Waals surface area contributed by atoms with Crippen molar-refractivity contribution in [1.29, 1.82) is 0 Å². The highest BCUT2D eigenvalue weighted by molar-refractivity contribution is 5.93. The van der Waals surface area contributed by atoms with E-state index in [1.807, 2.05) is 29.3 Å². The van der Waals surface area contributed by atoms with Crippen molar-refractivity contribution in [1.82, 2.24) is 14.9 Å². The Labute approximate surface area is 186 Å². The van der Waals surface area contributed by atoms with Gasteiger partial charge in [-0.05, 0) is 43.5 Å². The minimum Gasteiger partial charge on any atom is -0.465 e. The zero-order chi connectivity index (χ0) is 22.3. The number of carbonyl (C=O) groups excluding carboxylic acids is 2. The molecule has 0 atom stereocenters. The van der Waals surface area contributed by atoms with Crippen LogP contribution >= 0.6 is 0 Å². The van der Waals surface area contributed by atoms with Crippen LogP contribution in [0.4, 0.5) is 5.69 Å². The minimum absolute atomic E-state index is 0.258. The van der Waals surface area contributed by atoms with Gasteiger partial charge in [0.25, 0.3) is 0 Å². The number of rotatable bonds is 8. The lowest BCUT2D eigenvalue weighted by atomic mass is 10.1. The van der Waals surface area contributed by atoms with Crippen molar-refractivity contribution in [2.45, 2.75) is 32.1 Å². The van der Waals surface area contributed by atoms with Crippen molar-refractivity contribution >= 4 is 28.6 Å². The van der Waals surface area contributed by atoms with Crippen LogP contribution in [0.25, 0.3) is 11.0 Å². The molecule has 32 heavy (non-hydrogen) atoms. The third-order valence-corrected chi connectivity index (χ3v) is 5.60. The predicted molar refractivity (Wildman–Crippen MR) is 122 cm³/mol. The number of aromatic amines is 1. The van der Waals surface area contributed by atoms with E-state index in [1.165, 1.54) is 7.11 Å². The Morgan fingerprint density at radius 2 is 2.12 bits per heavy atom. The number of fused-ring (bicyclic) bond motifs is 1. The van der Waals surface area contributed by atoms with Crippen LogP contribution in [0.15, 0.2) is 42.7 Å². The highest BCUT2D eigenvalue weighted by Gasteiger charge is 2.17. The van der Waals surface area contributed by atoms with Gasteiger partial charge in [0.2, 0.25) is 5.91 Å². The van der Waals surface area contributed by atoms with Crippen LogP contribution in [0, 0.1) is 0 Å². The first-order valence-electron chi connectivity index (χ1n) is 11.0. The molecule has 8 nitrogen and oxygen atoms in total. The van der Waals surface area contributed by atoms with E-state index < -0.39 is 5.97 Å². The topological polar surface area (TPSA) is 96.6 Å². The van der Waals surface area contributed by atoms with E-state index in [0.717, 1.165) is 55.5 Å². The zero-order valence-corrected chi connectivity index (χ0v) is 18.2. The normalized spacial score (nSPS) is 14.3. The Morgan fingerprint density at radius 1 is 1.22 bits per heavy atom. The first-order valence-corrected chi connectivity index (χ1v) is 11.0. The zero-order valence-electron chi connectivity index (χ0n) is 18.2. The van der Waals surface area contributed by atoms with Crippen molar-refractivity contribution in [3.63, 3.8) is 0 Å². The molecule has 0 radical (unpaired) electrons. The van der Waals surface area contributed by atoms with E-state index in [9.17, 15) is 9.59 Å². The predicted octanol–water partition coefficient (Wildman–Crippen LogP) is 4.35. The van der Waals surface area contributed by atoms with Crippen molar-refractivity contribution in [3.05, 3.63) is 48.3 Å². The Morgan fingerprint density at radius 3 is 3.00 bits per heavy atom. The number of H-pyrrole nitrogens is 1. The quantitative estimate of drug-likeness (QED) is 0.403. The Kier molecular flexibility index (Phi) is 6.89. The molecule has 1 saturated heterocycles. The van der Waals surface area contributed by atoms with Crippen molar-refractivity contribution in [3.8, 4) is 11.5 Å². The Bertz CT molecular complexity index is 1090. The monoisotopic (exact) mass is 436 g/mol. The molecule has 8 heteroatoms. The number of likely N-dealkylation sites (tertiary alicyclic amines) is 1. The summed E-state index contributed by atoms with van der Waals surface area (Å²) in [6.45, 7) is 2.31. The Balaban J connectivity index is 1.42. The van der Waals surface area contributed by atoms with Gasteiger partial charge in [-0.2, -0.15) is 0 Å². The molecule has 1 aliphatic heterocycles. The number of anilines is 1. The molecule has 0 spiro atoms. The van der Waals surface area contributed by atoms with Crippen LogP contribution in [0.1, 0.15) is 42.5 Å². The van der Waals surface area contributed by atoms with E-state index in [1.54, 1.807) is 18.3 Å². The molecule has 168 valence electrons. The summed E-state index contributed by atoms with van der Waals surface area (Å²) in [5, 5.41) is 4.28. The molecular weight excluding hydrogens is 408 g/mol. The van der Waals surface area contributed by atoms with Crippen LogP contribution in [-0.2, 0) is 9.53 Å². The molecule has 2 N–H and O–H groups in total. The number of pyridine rings is 1. The number of aromatic nitrogens is 2. The lowest BCUT2D eigenvalue weighted by Crippen LogP contribution is -2.32. The molecule has 4 rings (SSSR count). The van der Waals surface area contributed by atoms with Gasteiger partial charge in [-0.3, -0.25) is 4.79 Å². The molecule has 0 aliphatic carbocycles. The number of hydrogen-bond donors (Lipinski definition) is 2. The fourth-order valence-corrected chi connectivity index (χ4v) is 3.88. The average Bonchev–Trinajstić information content (AvgIpc) is 3.18. The second-order valence-electron chi connectivity index (χ2n) is 7.86. The minimum atomic E-state index is -0.470. The molecule has 1 aliphatic rings. The van der Waals surface area contributed by atoms with Crippen LogP contribution in [0.5, 0.6) is 11.5 Å². The number of amides is 1. The first kappa shape index (κ1) is 21.7. The summed E-state index contributed by atoms with van der Waals surface area (Å²) in [5.41, 5.74) is 1.93. The first-order chi connectivity index (χ1) is 15.6. The van der Waals surface area contributed by atoms with Gasteiger partial charge in [0.05, 0.1) is 13.3 Å². The van der Waals surface area contributed by atoms with Crippen molar-refractivity contribution < 1.29 is 19.1 Å². The molecule has 1 fully saturated rings. The second-order valence-corrected chi connectivity index (χ2v) is 7.86. The van der Waals surface area contributed by atoms with E-state index in [2.05, 4.69) is 15.3 Å². The molecule has 0 bridgehead atoms. The average molecular weight is 437 g/mol. The van der Waals surface area contributed by atoms with Crippen LogP contribution in [-0.4, -0.2) is 53.5 Å². The summed E-state index contributed by atoms with van der Waals surface area (Å²) in [7, 11) is 1.34. The van der Waals surface area contributed by atoms with Gasteiger partial charge in [-0.15, -0.1) is 0 Å². The molecule has 0 saturated carbocycles. The second kappa shape index (κ2) is 10.2. The third kappa shape index (κ3) is 5.19. The maximum Gasteiger partial charge on any atom is 0.341 e.